The zero-order valence-corrected chi connectivity index (χ0v) is 26.1. The summed E-state index contributed by atoms with van der Waals surface area (Å²) < 4.78 is 5.27. The second kappa shape index (κ2) is 16.4. The summed E-state index contributed by atoms with van der Waals surface area (Å²) in [4.78, 5) is 65.6. The average molecular weight is 628 g/mol. The van der Waals surface area contributed by atoms with Gasteiger partial charge in [0.05, 0.1) is 23.8 Å². The van der Waals surface area contributed by atoms with Gasteiger partial charge in [0.15, 0.2) is 5.78 Å². The Kier molecular flexibility index (Phi) is 12.9. The first-order valence-corrected chi connectivity index (χ1v) is 15.4. The Morgan fingerprint density at radius 2 is 1.77 bits per heavy atom. The highest BCUT2D eigenvalue weighted by molar-refractivity contribution is 6.30. The minimum atomic E-state index is -1.28. The van der Waals surface area contributed by atoms with Crippen molar-refractivity contribution in [1.82, 2.24) is 10.2 Å². The van der Waals surface area contributed by atoms with Crippen molar-refractivity contribution in [3.63, 3.8) is 0 Å². The van der Waals surface area contributed by atoms with E-state index in [1.807, 2.05) is 6.07 Å². The van der Waals surface area contributed by atoms with E-state index in [0.29, 0.717) is 49.2 Å². The van der Waals surface area contributed by atoms with Crippen LogP contribution >= 0.6 is 11.6 Å². The van der Waals surface area contributed by atoms with Crippen molar-refractivity contribution in [3.8, 4) is 0 Å². The number of nitrogens with zero attached hydrogens (tertiary/aromatic N) is 1. The molecule has 10 nitrogen and oxygen atoms in total. The summed E-state index contributed by atoms with van der Waals surface area (Å²) in [5, 5.41) is 13.0. The second-order valence-electron chi connectivity index (χ2n) is 11.5. The van der Waals surface area contributed by atoms with Gasteiger partial charge in [-0.1, -0.05) is 48.9 Å². The lowest BCUT2D eigenvalue weighted by atomic mass is 9.83. The predicted molar refractivity (Wildman–Crippen MR) is 166 cm³/mol. The van der Waals surface area contributed by atoms with Crippen molar-refractivity contribution in [3.05, 3.63) is 70.7 Å². The quantitative estimate of drug-likeness (QED) is 0.185. The van der Waals surface area contributed by atoms with Crippen LogP contribution in [-0.2, 0) is 30.3 Å². The lowest BCUT2D eigenvalue weighted by molar-refractivity contribution is -0.150. The molecule has 3 rings (SSSR count). The lowest BCUT2D eigenvalue weighted by Crippen LogP contribution is -2.57. The van der Waals surface area contributed by atoms with Gasteiger partial charge in [-0.3, -0.25) is 14.4 Å². The van der Waals surface area contributed by atoms with Gasteiger partial charge >= 0.3 is 11.9 Å². The molecule has 0 spiro atoms. The first-order chi connectivity index (χ1) is 20.9. The monoisotopic (exact) mass is 627 g/mol. The zero-order chi connectivity index (χ0) is 32.3. The highest BCUT2D eigenvalue weighted by Crippen LogP contribution is 2.27. The minimum Gasteiger partial charge on any atom is -0.480 e. The van der Waals surface area contributed by atoms with Crippen LogP contribution in [0.3, 0.4) is 0 Å². The van der Waals surface area contributed by atoms with Crippen LogP contribution in [0.5, 0.6) is 0 Å². The number of amides is 2. The summed E-state index contributed by atoms with van der Waals surface area (Å²) in [6.07, 6.45) is 2.61. The number of esters is 1. The van der Waals surface area contributed by atoms with Crippen molar-refractivity contribution in [2.75, 3.05) is 13.2 Å². The van der Waals surface area contributed by atoms with E-state index in [4.69, 9.17) is 22.1 Å². The van der Waals surface area contributed by atoms with Crippen molar-refractivity contribution in [2.45, 2.75) is 82.8 Å². The molecule has 0 unspecified atom stereocenters. The van der Waals surface area contributed by atoms with Crippen LogP contribution in [0, 0.1) is 5.92 Å². The molecule has 0 saturated carbocycles. The van der Waals surface area contributed by atoms with Crippen LogP contribution in [0.1, 0.15) is 74.7 Å². The summed E-state index contributed by atoms with van der Waals surface area (Å²) in [6, 6.07) is 13.8. The number of rotatable bonds is 16. The van der Waals surface area contributed by atoms with Gasteiger partial charge in [-0.15, -0.1) is 0 Å². The van der Waals surface area contributed by atoms with E-state index in [1.54, 1.807) is 62.4 Å². The molecule has 1 heterocycles. The number of hydrogen-bond acceptors (Lipinski definition) is 7. The molecule has 1 aliphatic heterocycles. The summed E-state index contributed by atoms with van der Waals surface area (Å²) in [6.45, 7) is 3.88. The van der Waals surface area contributed by atoms with Crippen molar-refractivity contribution >= 4 is 41.1 Å². The lowest BCUT2D eigenvalue weighted by Gasteiger charge is -2.32. The Bertz CT molecular complexity index is 1300. The van der Waals surface area contributed by atoms with Crippen LogP contribution in [0.2, 0.25) is 5.02 Å². The Hall–Kier alpha value is -3.76. The number of aliphatic carboxylic acids is 1. The number of carbonyl (C=O) groups excluding carboxylic acids is 4. The van der Waals surface area contributed by atoms with Crippen LogP contribution in [0.4, 0.5) is 0 Å². The summed E-state index contributed by atoms with van der Waals surface area (Å²) in [5.41, 5.74) is 6.11. The maximum absolute atomic E-state index is 13.7. The van der Waals surface area contributed by atoms with Gasteiger partial charge in [-0.2, -0.15) is 0 Å². The number of benzene rings is 2. The minimum absolute atomic E-state index is 0.184. The van der Waals surface area contributed by atoms with Crippen LogP contribution in [-0.4, -0.2) is 70.3 Å². The van der Waals surface area contributed by atoms with E-state index in [2.05, 4.69) is 5.32 Å². The topological polar surface area (TPSA) is 156 Å². The summed E-state index contributed by atoms with van der Waals surface area (Å²) >= 11 is 6.02. The number of hydrogen-bond donors (Lipinski definition) is 3. The molecule has 0 aromatic heterocycles. The Morgan fingerprint density at radius 1 is 1.09 bits per heavy atom. The normalized spacial score (nSPS) is 17.3. The molecule has 44 heavy (non-hydrogen) atoms. The van der Waals surface area contributed by atoms with Crippen molar-refractivity contribution in [2.24, 2.45) is 11.7 Å². The Morgan fingerprint density at radius 3 is 2.41 bits per heavy atom. The molecule has 2 aromatic carbocycles. The molecule has 2 amide bonds. The molecule has 0 bridgehead atoms. The Labute approximate surface area is 263 Å². The smallest absolute Gasteiger partial charge is 0.338 e. The number of nitrogens with two attached hydrogens (primary N) is 1. The predicted octanol–water partition coefficient (Wildman–Crippen LogP) is 4.17. The summed E-state index contributed by atoms with van der Waals surface area (Å²) in [7, 11) is 0. The standard InChI is InChI=1S/C33H42ClN3O7/c1-3-33(2,36-29(39)26(35)12-7-8-19-44-32(43)23-10-5-4-6-11-23)28(38)21-24(20-22-14-16-25(34)17-15-22)30(40)37-18-9-13-27(37)31(41)42/h4-6,10-11,14-17,24,26-27H,3,7-9,12-13,18-21,35H2,1-2H3,(H,36,39)(H,41,42)/t24-,26+,27-,33+/m1/s1. The second-order valence-corrected chi connectivity index (χ2v) is 11.9. The van der Waals surface area contributed by atoms with Gasteiger partial charge in [-0.05, 0) is 81.7 Å². The molecule has 11 heteroatoms. The van der Waals surface area contributed by atoms with Gasteiger partial charge in [0.1, 0.15) is 6.04 Å². The maximum Gasteiger partial charge on any atom is 0.338 e. The van der Waals surface area contributed by atoms with Crippen LogP contribution < -0.4 is 11.1 Å². The molecule has 238 valence electrons. The fourth-order valence-corrected chi connectivity index (χ4v) is 5.39. The number of ether oxygens (including phenoxy) is 1. The van der Waals surface area contributed by atoms with Gasteiger partial charge < -0.3 is 25.8 Å². The number of likely N-dealkylation sites (tertiary alicyclic amines) is 1. The number of carboxylic acid groups (broad SMARTS) is 1. The molecular weight excluding hydrogens is 586 g/mol. The fourth-order valence-electron chi connectivity index (χ4n) is 5.26. The number of ketones is 1. The molecule has 1 saturated heterocycles. The zero-order valence-electron chi connectivity index (χ0n) is 25.3. The fraction of sp³-hybridized carbons (Fsp3) is 0.485. The molecule has 0 aliphatic carbocycles. The number of carbonyl (C=O) groups is 5. The molecule has 0 radical (unpaired) electrons. The number of halogens is 1. The Balaban J connectivity index is 1.59. The van der Waals surface area contributed by atoms with Gasteiger partial charge in [0.25, 0.3) is 0 Å². The van der Waals surface area contributed by atoms with E-state index in [-0.39, 0.29) is 31.7 Å². The molecule has 4 N–H and O–H groups in total. The largest absolute Gasteiger partial charge is 0.480 e. The third kappa shape index (κ3) is 9.62. The van der Waals surface area contributed by atoms with E-state index in [0.717, 1.165) is 5.56 Å². The first kappa shape index (κ1) is 34.7. The molecule has 2 aromatic rings. The average Bonchev–Trinajstić information content (AvgIpc) is 3.52. The number of unbranched alkanes of at least 4 members (excludes halogenated alkanes) is 1. The number of nitrogens with one attached hydrogen (secondary N) is 1. The first-order valence-electron chi connectivity index (χ1n) is 15.1. The number of Topliss-reactive ketones (excluding diaryl/α,β-unsaturated/α-hetero) is 1. The van der Waals surface area contributed by atoms with E-state index >= 15 is 0 Å². The molecule has 1 aliphatic rings. The van der Waals surface area contributed by atoms with E-state index in [9.17, 15) is 29.1 Å². The van der Waals surface area contributed by atoms with E-state index < -0.39 is 47.3 Å². The maximum atomic E-state index is 13.7. The van der Waals surface area contributed by atoms with Gasteiger partial charge in [-0.25, -0.2) is 9.59 Å². The summed E-state index contributed by atoms with van der Waals surface area (Å²) in [5.74, 6) is -3.53. The highest BCUT2D eigenvalue weighted by Gasteiger charge is 2.41. The molecule has 4 atom stereocenters. The SMILES string of the molecule is CC[C@](C)(NC(=O)[C@@H](N)CCCCOC(=O)c1ccccc1)C(=O)C[C@@H](Cc1ccc(Cl)cc1)C(=O)N1CCC[C@@H]1C(=O)O. The highest BCUT2D eigenvalue weighted by atomic mass is 35.5. The number of carboxylic acids is 1. The third-order valence-corrected chi connectivity index (χ3v) is 8.46. The van der Waals surface area contributed by atoms with Crippen molar-refractivity contribution < 1.29 is 33.8 Å². The van der Waals surface area contributed by atoms with Crippen LogP contribution in [0.25, 0.3) is 0 Å². The van der Waals surface area contributed by atoms with Gasteiger partial charge in [0, 0.05) is 23.9 Å². The molecular formula is C33H42ClN3O7. The van der Waals surface area contributed by atoms with Gasteiger partial charge in [0.2, 0.25) is 11.8 Å². The van der Waals surface area contributed by atoms with Crippen LogP contribution in [0.15, 0.2) is 54.6 Å². The van der Waals surface area contributed by atoms with E-state index in [1.165, 1.54) is 4.90 Å². The molecule has 1 fully saturated rings. The third-order valence-electron chi connectivity index (χ3n) is 8.21. The van der Waals surface area contributed by atoms with Crippen molar-refractivity contribution in [1.29, 1.82) is 0 Å².